The second-order valence-electron chi connectivity index (χ2n) is 3.42. The van der Waals surface area contributed by atoms with E-state index in [1.165, 1.54) is 0 Å². The Morgan fingerprint density at radius 2 is 2.15 bits per heavy atom. The molecule has 0 aromatic carbocycles. The minimum absolute atomic E-state index is 0.203. The molecule has 5 heteroatoms. The molecule has 2 atom stereocenters. The van der Waals surface area contributed by atoms with Crippen molar-refractivity contribution in [3.8, 4) is 0 Å². The van der Waals surface area contributed by atoms with E-state index < -0.39 is 11.8 Å². The van der Waals surface area contributed by atoms with E-state index in [0.717, 1.165) is 12.8 Å². The molecule has 1 aliphatic rings. The second kappa shape index (κ2) is 3.78. The maximum atomic E-state index is 12.4. The van der Waals surface area contributed by atoms with Gasteiger partial charge in [-0.25, -0.2) is 0 Å². The van der Waals surface area contributed by atoms with Crippen molar-refractivity contribution < 1.29 is 13.6 Å². The number of nitrogens with one attached hydrogen (secondary N) is 1. The number of rotatable bonds is 2. The van der Waals surface area contributed by atoms with Crippen molar-refractivity contribution in [2.24, 2.45) is 0 Å². The largest absolute Gasteiger partial charge is 0.347 e. The molecule has 0 aromatic heterocycles. The summed E-state index contributed by atoms with van der Waals surface area (Å²) in [5.74, 6) is -4.54. The van der Waals surface area contributed by atoms with Crippen LogP contribution in [0.25, 0.3) is 0 Å². The summed E-state index contributed by atoms with van der Waals surface area (Å²) in [7, 11) is 0. The van der Waals surface area contributed by atoms with E-state index in [4.69, 9.17) is 11.6 Å². The van der Waals surface area contributed by atoms with Crippen LogP contribution in [0.3, 0.4) is 0 Å². The van der Waals surface area contributed by atoms with Crippen LogP contribution in [0.1, 0.15) is 26.2 Å². The van der Waals surface area contributed by atoms with Gasteiger partial charge >= 0.3 is 5.92 Å². The van der Waals surface area contributed by atoms with Crippen LogP contribution >= 0.6 is 11.6 Å². The molecule has 0 aliphatic heterocycles. The minimum atomic E-state index is -3.31. The highest BCUT2D eigenvalue weighted by Gasteiger charge is 2.36. The summed E-state index contributed by atoms with van der Waals surface area (Å²) in [6.45, 7) is 0.584. The predicted molar refractivity (Wildman–Crippen MR) is 46.0 cm³/mol. The van der Waals surface area contributed by atoms with E-state index in [1.807, 2.05) is 0 Å². The standard InChI is InChI=1S/C8H12ClF2NO/c1-8(10,11)7(13)12-6-4-2-3-5(6)9/h5-6H,2-4H2,1H3,(H,12,13). The van der Waals surface area contributed by atoms with Gasteiger partial charge in [0.25, 0.3) is 5.91 Å². The molecule has 0 bridgehead atoms. The fourth-order valence-electron chi connectivity index (χ4n) is 1.37. The Hall–Kier alpha value is -0.380. The van der Waals surface area contributed by atoms with E-state index in [1.54, 1.807) is 0 Å². The Morgan fingerprint density at radius 3 is 2.54 bits per heavy atom. The first-order valence-corrected chi connectivity index (χ1v) is 4.68. The number of carbonyl (C=O) groups excluding carboxylic acids is 1. The molecular weight excluding hydrogens is 200 g/mol. The van der Waals surface area contributed by atoms with Crippen molar-refractivity contribution in [1.29, 1.82) is 0 Å². The highest BCUT2D eigenvalue weighted by atomic mass is 35.5. The van der Waals surface area contributed by atoms with Crippen molar-refractivity contribution in [2.45, 2.75) is 43.5 Å². The minimum Gasteiger partial charge on any atom is -0.347 e. The van der Waals surface area contributed by atoms with Crippen molar-refractivity contribution in [3.05, 3.63) is 0 Å². The molecule has 0 heterocycles. The van der Waals surface area contributed by atoms with Crippen molar-refractivity contribution in [3.63, 3.8) is 0 Å². The first-order valence-electron chi connectivity index (χ1n) is 4.24. The van der Waals surface area contributed by atoms with Gasteiger partial charge in [0.05, 0.1) is 5.38 Å². The number of hydrogen-bond donors (Lipinski definition) is 1. The average Bonchev–Trinajstić information content (AvgIpc) is 2.34. The van der Waals surface area contributed by atoms with Crippen LogP contribution in [0, 0.1) is 0 Å². The van der Waals surface area contributed by atoms with E-state index in [0.29, 0.717) is 13.3 Å². The van der Waals surface area contributed by atoms with Gasteiger partial charge in [-0.3, -0.25) is 4.79 Å². The average molecular weight is 212 g/mol. The fraction of sp³-hybridized carbons (Fsp3) is 0.875. The molecule has 76 valence electrons. The van der Waals surface area contributed by atoms with Gasteiger partial charge in [0.15, 0.2) is 0 Å². The molecule has 0 aromatic rings. The topological polar surface area (TPSA) is 29.1 Å². The first-order chi connectivity index (χ1) is 5.91. The maximum Gasteiger partial charge on any atom is 0.321 e. The maximum absolute atomic E-state index is 12.4. The van der Waals surface area contributed by atoms with Crippen LogP contribution in [0.2, 0.25) is 0 Å². The SMILES string of the molecule is CC(F)(F)C(=O)NC1CCCC1Cl. The summed E-state index contributed by atoms with van der Waals surface area (Å²) in [4.78, 5) is 10.8. The van der Waals surface area contributed by atoms with Gasteiger partial charge in [-0.15, -0.1) is 11.6 Å². The van der Waals surface area contributed by atoms with Crippen molar-refractivity contribution in [1.82, 2.24) is 5.32 Å². The van der Waals surface area contributed by atoms with E-state index in [-0.39, 0.29) is 11.4 Å². The predicted octanol–water partition coefficient (Wildman–Crippen LogP) is 1.92. The molecule has 2 unspecified atom stereocenters. The van der Waals surface area contributed by atoms with Gasteiger partial charge in [0.2, 0.25) is 0 Å². The molecule has 0 saturated heterocycles. The van der Waals surface area contributed by atoms with Crippen molar-refractivity contribution in [2.75, 3.05) is 0 Å². The lowest BCUT2D eigenvalue weighted by Crippen LogP contribution is -2.45. The summed E-state index contributed by atoms with van der Waals surface area (Å²) in [6, 6.07) is -0.292. The zero-order chi connectivity index (χ0) is 10.1. The van der Waals surface area contributed by atoms with Crippen LogP contribution in [0.4, 0.5) is 8.78 Å². The van der Waals surface area contributed by atoms with Gasteiger partial charge in [-0.05, 0) is 19.3 Å². The number of carbonyl (C=O) groups is 1. The van der Waals surface area contributed by atoms with Crippen LogP contribution in [-0.4, -0.2) is 23.2 Å². The Bertz CT molecular complexity index is 205. The van der Waals surface area contributed by atoms with Crippen molar-refractivity contribution >= 4 is 17.5 Å². The molecule has 0 radical (unpaired) electrons. The van der Waals surface area contributed by atoms with E-state index in [2.05, 4.69) is 5.32 Å². The first kappa shape index (κ1) is 10.7. The lowest BCUT2D eigenvalue weighted by molar-refractivity contribution is -0.143. The van der Waals surface area contributed by atoms with Crippen LogP contribution < -0.4 is 5.32 Å². The van der Waals surface area contributed by atoms with Gasteiger partial charge in [-0.1, -0.05) is 0 Å². The molecule has 0 spiro atoms. The molecular formula is C8H12ClF2NO. The third-order valence-corrected chi connectivity index (χ3v) is 2.67. The number of amides is 1. The molecule has 13 heavy (non-hydrogen) atoms. The molecule has 1 rings (SSSR count). The number of alkyl halides is 3. The number of halogens is 3. The molecule has 1 amide bonds. The Kier molecular flexibility index (Phi) is 3.11. The summed E-state index contributed by atoms with van der Waals surface area (Å²) >= 11 is 5.81. The van der Waals surface area contributed by atoms with Gasteiger partial charge in [0, 0.05) is 13.0 Å². The molecule has 1 saturated carbocycles. The summed E-state index contributed by atoms with van der Waals surface area (Å²) < 4.78 is 24.9. The Morgan fingerprint density at radius 1 is 1.54 bits per heavy atom. The van der Waals surface area contributed by atoms with E-state index >= 15 is 0 Å². The Labute approximate surface area is 80.6 Å². The third kappa shape index (κ3) is 2.79. The smallest absolute Gasteiger partial charge is 0.321 e. The summed E-state index contributed by atoms with van der Waals surface area (Å²) in [5.41, 5.74) is 0. The molecule has 2 nitrogen and oxygen atoms in total. The zero-order valence-corrected chi connectivity index (χ0v) is 8.07. The Balaban J connectivity index is 2.45. The normalized spacial score (nSPS) is 28.9. The molecule has 1 aliphatic carbocycles. The fourth-order valence-corrected chi connectivity index (χ4v) is 1.72. The van der Waals surface area contributed by atoms with Gasteiger partial charge in [0.1, 0.15) is 0 Å². The highest BCUT2D eigenvalue weighted by molar-refractivity contribution is 6.21. The monoisotopic (exact) mass is 211 g/mol. The van der Waals surface area contributed by atoms with Crippen LogP contribution in [0.5, 0.6) is 0 Å². The van der Waals surface area contributed by atoms with Gasteiger partial charge < -0.3 is 5.32 Å². The van der Waals surface area contributed by atoms with Crippen LogP contribution in [-0.2, 0) is 4.79 Å². The lowest BCUT2D eigenvalue weighted by atomic mass is 10.2. The number of hydrogen-bond acceptors (Lipinski definition) is 1. The van der Waals surface area contributed by atoms with Gasteiger partial charge in [-0.2, -0.15) is 8.78 Å². The summed E-state index contributed by atoms with van der Waals surface area (Å²) in [6.07, 6.45) is 2.35. The quantitative estimate of drug-likeness (QED) is 0.695. The molecule has 1 fully saturated rings. The molecule has 1 N–H and O–H groups in total. The van der Waals surface area contributed by atoms with Crippen LogP contribution in [0.15, 0.2) is 0 Å². The second-order valence-corrected chi connectivity index (χ2v) is 3.98. The third-order valence-electron chi connectivity index (χ3n) is 2.15. The highest BCUT2D eigenvalue weighted by Crippen LogP contribution is 2.25. The zero-order valence-electron chi connectivity index (χ0n) is 7.32. The van der Waals surface area contributed by atoms with E-state index in [9.17, 15) is 13.6 Å². The lowest BCUT2D eigenvalue weighted by Gasteiger charge is -2.18. The summed E-state index contributed by atoms with van der Waals surface area (Å²) in [5, 5.41) is 2.05.